The zero-order chi connectivity index (χ0) is 21.9. The predicted molar refractivity (Wildman–Crippen MR) is 118 cm³/mol. The smallest absolute Gasteiger partial charge is 0.255 e. The van der Waals surface area contributed by atoms with Gasteiger partial charge in [-0.1, -0.05) is 35.0 Å². The molecule has 2 rings (SSSR count). The van der Waals surface area contributed by atoms with E-state index in [-0.39, 0.29) is 34.8 Å². The Bertz CT molecular complexity index is 906. The molecule has 0 fully saturated rings. The van der Waals surface area contributed by atoms with E-state index in [0.29, 0.717) is 30.3 Å². The number of unbranched alkanes of at least 4 members (excludes halogenated alkanes) is 1. The number of nitrogens with zero attached hydrogens (tertiary/aromatic N) is 1. The van der Waals surface area contributed by atoms with Gasteiger partial charge in [-0.3, -0.25) is 4.79 Å². The topological polar surface area (TPSA) is 59.0 Å². The molecule has 0 spiro atoms. The summed E-state index contributed by atoms with van der Waals surface area (Å²) in [6.45, 7) is 1.20. The van der Waals surface area contributed by atoms with Crippen LogP contribution in [-0.4, -0.2) is 42.2 Å². The number of amides is 1. The highest BCUT2D eigenvalue weighted by molar-refractivity contribution is 6.37. The highest BCUT2D eigenvalue weighted by Crippen LogP contribution is 2.36. The summed E-state index contributed by atoms with van der Waals surface area (Å²) in [7, 11) is 0. The maximum atomic E-state index is 12.4. The molecule has 0 saturated heterocycles. The molecule has 0 unspecified atom stereocenters. The lowest BCUT2D eigenvalue weighted by Crippen LogP contribution is -2.31. The van der Waals surface area contributed by atoms with Gasteiger partial charge < -0.3 is 19.5 Å². The zero-order valence-corrected chi connectivity index (χ0v) is 17.7. The number of carbonyl (C=O) groups excluding carboxylic acids is 1. The SMILES string of the molecule is C#CCN(CC#C)C(=O)c1ccc(OCCCCOc2c(Cl)cc(O)cc2Cl)cc1. The van der Waals surface area contributed by atoms with E-state index in [9.17, 15) is 9.90 Å². The first-order valence-electron chi connectivity index (χ1n) is 9.16. The first-order chi connectivity index (χ1) is 14.5. The molecule has 0 saturated carbocycles. The Labute approximate surface area is 186 Å². The van der Waals surface area contributed by atoms with Crippen molar-refractivity contribution in [2.45, 2.75) is 12.8 Å². The van der Waals surface area contributed by atoms with Gasteiger partial charge >= 0.3 is 0 Å². The van der Waals surface area contributed by atoms with Crippen molar-refractivity contribution in [3.63, 3.8) is 0 Å². The van der Waals surface area contributed by atoms with Crippen molar-refractivity contribution in [2.24, 2.45) is 0 Å². The molecule has 30 heavy (non-hydrogen) atoms. The Kier molecular flexibility index (Phi) is 9.22. The van der Waals surface area contributed by atoms with Crippen LogP contribution in [0.3, 0.4) is 0 Å². The Balaban J connectivity index is 1.75. The van der Waals surface area contributed by atoms with Crippen LogP contribution in [0.5, 0.6) is 17.2 Å². The summed E-state index contributed by atoms with van der Waals surface area (Å²) in [5.74, 6) is 5.62. The minimum absolute atomic E-state index is 0.0155. The van der Waals surface area contributed by atoms with Crippen LogP contribution in [0, 0.1) is 24.7 Å². The summed E-state index contributed by atoms with van der Waals surface area (Å²) < 4.78 is 11.3. The Morgan fingerprint density at radius 2 is 1.50 bits per heavy atom. The predicted octanol–water partition coefficient (Wildman–Crippen LogP) is 4.65. The van der Waals surface area contributed by atoms with Gasteiger partial charge in [0.05, 0.1) is 36.3 Å². The molecule has 1 N–H and O–H groups in total. The molecule has 0 aromatic heterocycles. The van der Waals surface area contributed by atoms with Crippen molar-refractivity contribution in [1.82, 2.24) is 4.90 Å². The highest BCUT2D eigenvalue weighted by Gasteiger charge is 2.14. The molecule has 2 aromatic rings. The molecular weight excluding hydrogens is 425 g/mol. The lowest BCUT2D eigenvalue weighted by Gasteiger charge is -2.17. The van der Waals surface area contributed by atoms with Crippen LogP contribution in [0.4, 0.5) is 0 Å². The van der Waals surface area contributed by atoms with Crippen molar-refractivity contribution < 1.29 is 19.4 Å². The average molecular weight is 446 g/mol. The molecule has 0 bridgehead atoms. The summed E-state index contributed by atoms with van der Waals surface area (Å²) in [6.07, 6.45) is 12.0. The van der Waals surface area contributed by atoms with Crippen LogP contribution in [0.15, 0.2) is 36.4 Å². The second-order valence-electron chi connectivity index (χ2n) is 6.24. The number of hydrogen-bond acceptors (Lipinski definition) is 4. The van der Waals surface area contributed by atoms with Crippen molar-refractivity contribution in [1.29, 1.82) is 0 Å². The normalized spacial score (nSPS) is 10.0. The van der Waals surface area contributed by atoms with Crippen LogP contribution < -0.4 is 9.47 Å². The van der Waals surface area contributed by atoms with Crippen molar-refractivity contribution in [2.75, 3.05) is 26.3 Å². The third-order valence-corrected chi connectivity index (χ3v) is 4.55. The largest absolute Gasteiger partial charge is 0.508 e. The molecule has 5 nitrogen and oxygen atoms in total. The summed E-state index contributed by atoms with van der Waals surface area (Å²) >= 11 is 12.0. The van der Waals surface area contributed by atoms with E-state index in [4.69, 9.17) is 45.5 Å². The second-order valence-corrected chi connectivity index (χ2v) is 7.05. The highest BCUT2D eigenvalue weighted by atomic mass is 35.5. The Morgan fingerprint density at radius 1 is 0.967 bits per heavy atom. The maximum Gasteiger partial charge on any atom is 0.255 e. The number of rotatable bonds is 10. The molecular formula is C23H21Cl2NO4. The quantitative estimate of drug-likeness (QED) is 0.427. The molecule has 0 aliphatic heterocycles. The van der Waals surface area contributed by atoms with Crippen LogP contribution in [0.25, 0.3) is 0 Å². The number of terminal acetylenes is 2. The van der Waals surface area contributed by atoms with E-state index in [1.807, 2.05) is 0 Å². The van der Waals surface area contributed by atoms with Crippen LogP contribution in [0.2, 0.25) is 10.0 Å². The van der Waals surface area contributed by atoms with E-state index in [1.165, 1.54) is 17.0 Å². The molecule has 0 aliphatic rings. The number of carbonyl (C=O) groups is 1. The first-order valence-corrected chi connectivity index (χ1v) is 9.91. The van der Waals surface area contributed by atoms with E-state index < -0.39 is 0 Å². The summed E-state index contributed by atoms with van der Waals surface area (Å²) in [5.41, 5.74) is 0.490. The van der Waals surface area contributed by atoms with Crippen LogP contribution >= 0.6 is 23.2 Å². The van der Waals surface area contributed by atoms with E-state index in [2.05, 4.69) is 11.8 Å². The molecule has 7 heteroatoms. The number of aromatic hydroxyl groups is 1. The van der Waals surface area contributed by atoms with Gasteiger partial charge in [0, 0.05) is 17.7 Å². The number of halogens is 2. The molecule has 156 valence electrons. The molecule has 0 atom stereocenters. The van der Waals surface area contributed by atoms with Crippen molar-refractivity contribution >= 4 is 29.1 Å². The van der Waals surface area contributed by atoms with Crippen LogP contribution in [-0.2, 0) is 0 Å². The standard InChI is InChI=1S/C23H21Cl2NO4/c1-3-11-26(12-4-2)23(28)17-7-9-19(10-8-17)29-13-5-6-14-30-22-20(24)15-18(27)16-21(22)25/h1-2,7-10,15-16,27H,5-6,11-14H2. The van der Waals surface area contributed by atoms with E-state index >= 15 is 0 Å². The number of benzene rings is 2. The third-order valence-electron chi connectivity index (χ3n) is 3.99. The molecule has 1 amide bonds. The monoisotopic (exact) mass is 445 g/mol. The minimum Gasteiger partial charge on any atom is -0.508 e. The van der Waals surface area contributed by atoms with E-state index in [1.54, 1.807) is 24.3 Å². The molecule has 0 heterocycles. The summed E-state index contributed by atoms with van der Waals surface area (Å²) in [5, 5.41) is 9.93. The fraction of sp³-hybridized carbons (Fsp3) is 0.261. The second kappa shape index (κ2) is 11.9. The van der Waals surface area contributed by atoms with Gasteiger partial charge in [0.2, 0.25) is 0 Å². The summed E-state index contributed by atoms with van der Waals surface area (Å²) in [4.78, 5) is 13.8. The fourth-order valence-electron chi connectivity index (χ4n) is 2.55. The lowest BCUT2D eigenvalue weighted by atomic mass is 10.2. The fourth-order valence-corrected chi connectivity index (χ4v) is 3.13. The van der Waals surface area contributed by atoms with Gasteiger partial charge in [-0.15, -0.1) is 12.8 Å². The maximum absolute atomic E-state index is 12.4. The Hall–Kier alpha value is -2.99. The van der Waals surface area contributed by atoms with Crippen molar-refractivity contribution in [3.8, 4) is 41.9 Å². The number of hydrogen-bond donors (Lipinski definition) is 1. The van der Waals surface area contributed by atoms with Gasteiger partial charge in [0.15, 0.2) is 5.75 Å². The summed E-state index contributed by atoms with van der Waals surface area (Å²) in [6, 6.07) is 9.55. The van der Waals surface area contributed by atoms with Gasteiger partial charge in [-0.25, -0.2) is 0 Å². The number of phenols is 1. The molecule has 0 radical (unpaired) electrons. The zero-order valence-electron chi connectivity index (χ0n) is 16.2. The van der Waals surface area contributed by atoms with Crippen LogP contribution in [0.1, 0.15) is 23.2 Å². The Morgan fingerprint density at radius 3 is 2.03 bits per heavy atom. The molecule has 2 aromatic carbocycles. The average Bonchev–Trinajstić information content (AvgIpc) is 2.71. The lowest BCUT2D eigenvalue weighted by molar-refractivity contribution is 0.0796. The number of phenolic OH excluding ortho intramolecular Hbond substituents is 1. The van der Waals surface area contributed by atoms with Gasteiger partial charge in [-0.05, 0) is 37.1 Å². The van der Waals surface area contributed by atoms with Gasteiger partial charge in [-0.2, -0.15) is 0 Å². The van der Waals surface area contributed by atoms with Crippen molar-refractivity contribution in [3.05, 3.63) is 52.0 Å². The molecule has 0 aliphatic carbocycles. The number of ether oxygens (including phenoxy) is 2. The first kappa shape index (κ1) is 23.3. The van der Waals surface area contributed by atoms with Gasteiger partial charge in [0.1, 0.15) is 11.5 Å². The van der Waals surface area contributed by atoms with E-state index in [0.717, 1.165) is 12.8 Å². The third kappa shape index (κ3) is 6.81. The van der Waals surface area contributed by atoms with Gasteiger partial charge in [0.25, 0.3) is 5.91 Å². The minimum atomic E-state index is -0.221.